The summed E-state index contributed by atoms with van der Waals surface area (Å²) in [6.07, 6.45) is 1.85. The maximum atomic E-state index is 14.6. The van der Waals surface area contributed by atoms with Gasteiger partial charge in [-0.05, 0) is 63.7 Å². The molecule has 0 bridgehead atoms. The van der Waals surface area contributed by atoms with Gasteiger partial charge in [-0.25, -0.2) is 0 Å². The third-order valence-corrected chi connectivity index (χ3v) is 20.4. The molecule has 2 N–H and O–H groups in total. The Morgan fingerprint density at radius 1 is 0.393 bits per heavy atom. The first-order valence-corrected chi connectivity index (χ1v) is 31.8. The molecule has 0 amide bonds. The lowest BCUT2D eigenvalue weighted by Gasteiger charge is -2.31. The van der Waals surface area contributed by atoms with E-state index in [9.17, 15) is 29.2 Å². The predicted octanol–water partition coefficient (Wildman–Crippen LogP) is 14.7. The summed E-state index contributed by atoms with van der Waals surface area (Å²) >= 11 is 0. The first-order chi connectivity index (χ1) is 41.0. The van der Waals surface area contributed by atoms with Crippen LogP contribution in [0, 0.1) is 0 Å². The molecule has 4 heterocycles. The van der Waals surface area contributed by atoms with Crippen LogP contribution in [0.15, 0.2) is 218 Å². The van der Waals surface area contributed by atoms with Crippen molar-refractivity contribution >= 4 is 73.9 Å². The Balaban J connectivity index is 0.000000140. The molecule has 0 saturated carbocycles. The SMILES string of the molecule is CC(C)(c1cc(CC=O)c(O)c(CC=O)c1)c1cc(CC=O)c(O)c(CP2(=O)Oc3ccccc3-c3ccccc32)c1.c1ccc2c(c1)OPc1ccccc1-2.c1ccc2c(c1)OPc1ccccc1-2.c1ccc2c(c1)OPc1ccccc1-2. The van der Waals surface area contributed by atoms with Crippen LogP contribution in [0.1, 0.15) is 47.2 Å². The number of benzene rings is 10. The van der Waals surface area contributed by atoms with Crippen molar-refractivity contribution in [2.75, 3.05) is 0 Å². The van der Waals surface area contributed by atoms with E-state index >= 15 is 0 Å². The lowest BCUT2D eigenvalue weighted by molar-refractivity contribution is -0.108. The Labute approximate surface area is 493 Å². The normalized spacial score (nSPS) is 15.0. The van der Waals surface area contributed by atoms with E-state index in [1.165, 1.54) is 49.3 Å². The van der Waals surface area contributed by atoms with E-state index in [4.69, 9.17) is 18.1 Å². The van der Waals surface area contributed by atoms with Crippen molar-refractivity contribution in [1.82, 2.24) is 0 Å². The fourth-order valence-electron chi connectivity index (χ4n) is 10.7. The number of phenolic OH excluding ortho intramolecular Hbond substituents is 2. The molecule has 4 atom stereocenters. The summed E-state index contributed by atoms with van der Waals surface area (Å²) in [7, 11) is -2.25. The lowest BCUT2D eigenvalue weighted by Crippen LogP contribution is -2.22. The summed E-state index contributed by atoms with van der Waals surface area (Å²) in [5.74, 6) is 3.30. The second kappa shape index (κ2) is 25.6. The van der Waals surface area contributed by atoms with Crippen molar-refractivity contribution in [2.45, 2.75) is 44.7 Å². The van der Waals surface area contributed by atoms with Gasteiger partial charge in [0.05, 0.1) is 11.5 Å². The van der Waals surface area contributed by atoms with Gasteiger partial charge in [-0.3, -0.25) is 4.57 Å². The summed E-state index contributed by atoms with van der Waals surface area (Å²) in [4.78, 5) is 34.3. The molecule has 0 fully saturated rings. The standard InChI is InChI=1S/C34H31O7P.3C12H9OP/c1-34(2,26-17-22(11-14-35)32(38)23(18-26)12-15-36)27-19-24(13-16-37)33(39)25(20-27)21-42(40)31-10-6-4-8-29(31)28-7-3-5-9-30(28)41-42;3*1-3-7-11-9(5-1)10-6-2-4-8-12(10)14-13-11/h3-10,14-20,38-39H,11-13,21H2,1-2H3;3*1-8,14H. The molecule has 0 aliphatic carbocycles. The first-order valence-electron chi connectivity index (χ1n) is 27.3. The largest absolute Gasteiger partial charge is 0.507 e. The van der Waals surface area contributed by atoms with Gasteiger partial charge in [0.1, 0.15) is 79.8 Å². The number of aldehydes is 3. The van der Waals surface area contributed by atoms with E-state index in [1.54, 1.807) is 42.5 Å². The third-order valence-electron chi connectivity index (χ3n) is 15.1. The molecule has 0 aromatic heterocycles. The molecule has 4 unspecified atom stereocenters. The maximum absolute atomic E-state index is 14.6. The molecule has 4 aliphatic rings. The molecule has 84 heavy (non-hydrogen) atoms. The molecular weight excluding hydrogens is 1120 g/mol. The van der Waals surface area contributed by atoms with E-state index in [1.807, 2.05) is 98.8 Å². The highest BCUT2D eigenvalue weighted by Crippen LogP contribution is 2.58. The molecular formula is C70H58O10P4. The molecule has 10 aromatic rings. The Bertz CT molecular complexity index is 3770. The average Bonchev–Trinajstić information content (AvgIpc) is 1.66. The van der Waals surface area contributed by atoms with Crippen LogP contribution in [0.2, 0.25) is 0 Å². The highest BCUT2D eigenvalue weighted by atomic mass is 31.2. The Morgan fingerprint density at radius 3 is 1.08 bits per heavy atom. The van der Waals surface area contributed by atoms with Crippen LogP contribution in [0.25, 0.3) is 44.5 Å². The van der Waals surface area contributed by atoms with E-state index < -0.39 is 12.8 Å². The number of carbonyl (C=O) groups is 3. The lowest BCUT2D eigenvalue weighted by atomic mass is 9.75. The average molecular weight is 1180 g/mol. The van der Waals surface area contributed by atoms with Crippen molar-refractivity contribution < 1.29 is 47.3 Å². The molecule has 4 aliphatic heterocycles. The van der Waals surface area contributed by atoms with Gasteiger partial charge in [-0.1, -0.05) is 202 Å². The van der Waals surface area contributed by atoms with Gasteiger partial charge in [0.15, 0.2) is 0 Å². The fraction of sp³-hybridized carbons (Fsp3) is 0.100. The van der Waals surface area contributed by atoms with Crippen molar-refractivity contribution in [3.8, 4) is 79.0 Å². The van der Waals surface area contributed by atoms with Crippen LogP contribution >= 0.6 is 33.8 Å². The maximum Gasteiger partial charge on any atom is 0.282 e. The van der Waals surface area contributed by atoms with Gasteiger partial charge in [-0.15, -0.1) is 0 Å². The Morgan fingerprint density at radius 2 is 0.690 bits per heavy atom. The number of para-hydroxylation sites is 4. The van der Waals surface area contributed by atoms with Gasteiger partial charge >= 0.3 is 0 Å². The highest BCUT2D eigenvalue weighted by molar-refractivity contribution is 7.67. The minimum atomic E-state index is -3.57. The molecule has 10 aromatic carbocycles. The molecule has 0 spiro atoms. The number of fused-ring (bicyclic) bond motifs is 12. The van der Waals surface area contributed by atoms with Crippen LogP contribution in [-0.2, 0) is 49.8 Å². The first kappa shape index (κ1) is 57.4. The van der Waals surface area contributed by atoms with Crippen molar-refractivity contribution in [3.05, 3.63) is 252 Å². The predicted molar refractivity (Wildman–Crippen MR) is 342 cm³/mol. The summed E-state index contributed by atoms with van der Waals surface area (Å²) in [6.45, 7) is 3.86. The van der Waals surface area contributed by atoms with Crippen molar-refractivity contribution in [1.29, 1.82) is 0 Å². The third kappa shape index (κ3) is 12.0. The Kier molecular flexibility index (Phi) is 17.5. The van der Waals surface area contributed by atoms with E-state index in [-0.39, 0.29) is 36.9 Å². The number of carbonyl (C=O) groups excluding carboxylic acids is 3. The number of hydrogen-bond acceptors (Lipinski definition) is 10. The molecule has 0 radical (unpaired) electrons. The quantitative estimate of drug-likeness (QED) is 0.100. The minimum Gasteiger partial charge on any atom is -0.507 e. The fourth-order valence-corrected chi connectivity index (χ4v) is 15.7. The Hall–Kier alpha value is -8.47. The van der Waals surface area contributed by atoms with Gasteiger partial charge in [0.2, 0.25) is 0 Å². The smallest absolute Gasteiger partial charge is 0.282 e. The van der Waals surface area contributed by atoms with Crippen LogP contribution < -0.4 is 39.3 Å². The molecule has 14 rings (SSSR count). The van der Waals surface area contributed by atoms with E-state index in [0.29, 0.717) is 84.2 Å². The van der Waals surface area contributed by atoms with Crippen molar-refractivity contribution in [2.24, 2.45) is 0 Å². The minimum absolute atomic E-state index is 0.0275. The zero-order valence-corrected chi connectivity index (χ0v) is 49.8. The van der Waals surface area contributed by atoms with Crippen LogP contribution in [0.5, 0.6) is 34.5 Å². The summed E-state index contributed by atoms with van der Waals surface area (Å²) in [5, 5.41) is 26.4. The number of hydrogen-bond donors (Lipinski definition) is 2. The van der Waals surface area contributed by atoms with Gasteiger partial charge < -0.3 is 42.7 Å². The summed E-state index contributed by atoms with van der Waals surface area (Å²) < 4.78 is 37.8. The monoisotopic (exact) mass is 1180 g/mol. The van der Waals surface area contributed by atoms with Crippen LogP contribution in [0.3, 0.4) is 0 Å². The number of aromatic hydroxyl groups is 2. The summed E-state index contributed by atoms with van der Waals surface area (Å²) in [6, 6.07) is 71.5. The van der Waals surface area contributed by atoms with Gasteiger partial charge in [-0.2, -0.15) is 0 Å². The highest BCUT2D eigenvalue weighted by Gasteiger charge is 2.38. The molecule has 14 heteroatoms. The molecule has 10 nitrogen and oxygen atoms in total. The number of rotatable bonds is 10. The zero-order valence-electron chi connectivity index (χ0n) is 46.0. The summed E-state index contributed by atoms with van der Waals surface area (Å²) in [5.41, 5.74) is 11.4. The van der Waals surface area contributed by atoms with E-state index in [0.717, 1.165) is 33.9 Å². The van der Waals surface area contributed by atoms with Crippen LogP contribution in [0.4, 0.5) is 0 Å². The second-order valence-corrected chi connectivity index (χ2v) is 25.9. The number of phenols is 2. The zero-order chi connectivity index (χ0) is 58.2. The van der Waals surface area contributed by atoms with E-state index in [2.05, 4.69) is 91.0 Å². The molecule has 418 valence electrons. The van der Waals surface area contributed by atoms with Crippen molar-refractivity contribution in [3.63, 3.8) is 0 Å². The second-order valence-electron chi connectivity index (χ2n) is 20.7. The van der Waals surface area contributed by atoms with Crippen LogP contribution in [-0.4, -0.2) is 29.1 Å². The molecule has 0 saturated heterocycles. The van der Waals surface area contributed by atoms with Gasteiger partial charge in [0, 0.05) is 85.1 Å². The topological polar surface area (TPSA) is 146 Å². The van der Waals surface area contributed by atoms with Gasteiger partial charge in [0.25, 0.3) is 7.37 Å².